The Bertz CT molecular complexity index is 434. The molecule has 7 nitrogen and oxygen atoms in total. The molecule has 7 heteroatoms. The second-order valence-electron chi connectivity index (χ2n) is 5.15. The van der Waals surface area contributed by atoms with E-state index in [9.17, 15) is 4.79 Å². The van der Waals surface area contributed by atoms with Gasteiger partial charge in [0, 0.05) is 19.6 Å². The first-order chi connectivity index (χ1) is 9.11. The minimum atomic E-state index is -0.785. The molecule has 0 bridgehead atoms. The number of tetrazole rings is 1. The molecule has 3 atom stereocenters. The summed E-state index contributed by atoms with van der Waals surface area (Å²) >= 11 is 0. The van der Waals surface area contributed by atoms with Crippen molar-refractivity contribution in [2.24, 2.45) is 11.8 Å². The lowest BCUT2D eigenvalue weighted by molar-refractivity contribution is -0.138. The van der Waals surface area contributed by atoms with Gasteiger partial charge in [0.15, 0.2) is 5.82 Å². The summed E-state index contributed by atoms with van der Waals surface area (Å²) in [7, 11) is 0. The van der Waals surface area contributed by atoms with E-state index in [1.54, 1.807) is 4.68 Å². The standard InChI is InChI=1S/C12H20N4O3/c1-3-9(6-10(17)18)7-16-12(13-14-15-16)11-8(2)4-5-19-11/h8-9,11H,3-7H2,1-2H3,(H,17,18). The van der Waals surface area contributed by atoms with Crippen LogP contribution in [-0.2, 0) is 16.1 Å². The first kappa shape index (κ1) is 13.9. The zero-order chi connectivity index (χ0) is 13.8. The van der Waals surface area contributed by atoms with Gasteiger partial charge in [0.2, 0.25) is 0 Å². The fourth-order valence-electron chi connectivity index (χ4n) is 2.40. The first-order valence-corrected chi connectivity index (χ1v) is 6.71. The third-order valence-corrected chi connectivity index (χ3v) is 3.67. The lowest BCUT2D eigenvalue weighted by Crippen LogP contribution is -2.20. The van der Waals surface area contributed by atoms with Crippen LogP contribution in [0.25, 0.3) is 0 Å². The van der Waals surface area contributed by atoms with Crippen LogP contribution < -0.4 is 0 Å². The maximum atomic E-state index is 10.8. The molecular formula is C12H20N4O3. The third-order valence-electron chi connectivity index (χ3n) is 3.67. The van der Waals surface area contributed by atoms with Crippen molar-refractivity contribution in [3.05, 3.63) is 5.82 Å². The first-order valence-electron chi connectivity index (χ1n) is 6.71. The van der Waals surface area contributed by atoms with Gasteiger partial charge in [0.1, 0.15) is 6.10 Å². The number of carboxylic acids is 1. The van der Waals surface area contributed by atoms with Crippen LogP contribution in [0.4, 0.5) is 0 Å². The lowest BCUT2D eigenvalue weighted by atomic mass is 10.0. The molecule has 0 radical (unpaired) electrons. The zero-order valence-electron chi connectivity index (χ0n) is 11.3. The second kappa shape index (κ2) is 6.10. The molecule has 2 rings (SSSR count). The van der Waals surface area contributed by atoms with Gasteiger partial charge in [-0.1, -0.05) is 20.3 Å². The third kappa shape index (κ3) is 3.28. The molecule has 1 aromatic rings. The molecule has 1 N–H and O–H groups in total. The van der Waals surface area contributed by atoms with Crippen LogP contribution in [0.2, 0.25) is 0 Å². The van der Waals surface area contributed by atoms with Crippen LogP contribution >= 0.6 is 0 Å². The Morgan fingerprint density at radius 2 is 2.42 bits per heavy atom. The van der Waals surface area contributed by atoms with Gasteiger partial charge in [0.25, 0.3) is 0 Å². The molecule has 0 spiro atoms. The Hall–Kier alpha value is -1.50. The molecule has 0 aromatic carbocycles. The summed E-state index contributed by atoms with van der Waals surface area (Å²) in [5.41, 5.74) is 0. The number of aromatic nitrogens is 4. The number of rotatable bonds is 6. The van der Waals surface area contributed by atoms with Crippen LogP contribution in [0.1, 0.15) is 45.0 Å². The molecule has 0 saturated carbocycles. The topological polar surface area (TPSA) is 90.1 Å². The van der Waals surface area contributed by atoms with E-state index in [2.05, 4.69) is 22.4 Å². The normalized spacial score (nSPS) is 24.5. The van der Waals surface area contributed by atoms with E-state index in [-0.39, 0.29) is 18.4 Å². The van der Waals surface area contributed by atoms with E-state index in [4.69, 9.17) is 9.84 Å². The second-order valence-corrected chi connectivity index (χ2v) is 5.15. The number of carboxylic acid groups (broad SMARTS) is 1. The molecule has 1 aliphatic heterocycles. The molecular weight excluding hydrogens is 248 g/mol. The number of hydrogen-bond donors (Lipinski definition) is 1. The van der Waals surface area contributed by atoms with Gasteiger partial charge in [-0.3, -0.25) is 4.79 Å². The van der Waals surface area contributed by atoms with Crippen LogP contribution in [0.3, 0.4) is 0 Å². The molecule has 106 valence electrons. The van der Waals surface area contributed by atoms with E-state index in [1.165, 1.54) is 0 Å². The van der Waals surface area contributed by atoms with Gasteiger partial charge in [-0.15, -0.1) is 5.10 Å². The van der Waals surface area contributed by atoms with Crippen molar-refractivity contribution in [2.75, 3.05) is 6.61 Å². The largest absolute Gasteiger partial charge is 0.481 e. The highest BCUT2D eigenvalue weighted by Crippen LogP contribution is 2.32. The molecule has 1 aliphatic rings. The fourth-order valence-corrected chi connectivity index (χ4v) is 2.40. The van der Waals surface area contributed by atoms with Crippen LogP contribution in [0.5, 0.6) is 0 Å². The monoisotopic (exact) mass is 268 g/mol. The number of nitrogens with zero attached hydrogens (tertiary/aromatic N) is 4. The molecule has 1 saturated heterocycles. The summed E-state index contributed by atoms with van der Waals surface area (Å²) in [6, 6.07) is 0. The van der Waals surface area contributed by atoms with Crippen molar-refractivity contribution in [1.29, 1.82) is 0 Å². The number of hydrogen-bond acceptors (Lipinski definition) is 5. The van der Waals surface area contributed by atoms with Gasteiger partial charge in [-0.25, -0.2) is 4.68 Å². The summed E-state index contributed by atoms with van der Waals surface area (Å²) < 4.78 is 7.36. The molecule has 1 fully saturated rings. The molecule has 0 amide bonds. The van der Waals surface area contributed by atoms with E-state index >= 15 is 0 Å². The van der Waals surface area contributed by atoms with Crippen molar-refractivity contribution >= 4 is 5.97 Å². The highest BCUT2D eigenvalue weighted by molar-refractivity contribution is 5.66. The average molecular weight is 268 g/mol. The summed E-state index contributed by atoms with van der Waals surface area (Å²) in [4.78, 5) is 10.8. The molecule has 1 aromatic heterocycles. The quantitative estimate of drug-likeness (QED) is 0.835. The fraction of sp³-hybridized carbons (Fsp3) is 0.833. The van der Waals surface area contributed by atoms with Crippen LogP contribution in [-0.4, -0.2) is 37.9 Å². The van der Waals surface area contributed by atoms with Crippen molar-refractivity contribution in [3.8, 4) is 0 Å². The van der Waals surface area contributed by atoms with Crippen LogP contribution in [0.15, 0.2) is 0 Å². The van der Waals surface area contributed by atoms with E-state index in [0.717, 1.165) is 19.4 Å². The Labute approximate surface area is 111 Å². The number of ether oxygens (including phenoxy) is 1. The minimum Gasteiger partial charge on any atom is -0.481 e. The zero-order valence-corrected chi connectivity index (χ0v) is 11.3. The van der Waals surface area contributed by atoms with Crippen molar-refractivity contribution in [1.82, 2.24) is 20.2 Å². The summed E-state index contributed by atoms with van der Waals surface area (Å²) in [6.07, 6.45) is 1.85. The van der Waals surface area contributed by atoms with Gasteiger partial charge >= 0.3 is 5.97 Å². The molecule has 2 heterocycles. The van der Waals surface area contributed by atoms with Gasteiger partial charge < -0.3 is 9.84 Å². The van der Waals surface area contributed by atoms with E-state index in [0.29, 0.717) is 18.3 Å². The summed E-state index contributed by atoms with van der Waals surface area (Å²) in [5.74, 6) is 0.363. The highest BCUT2D eigenvalue weighted by atomic mass is 16.5. The van der Waals surface area contributed by atoms with Gasteiger partial charge in [-0.05, 0) is 28.7 Å². The predicted molar refractivity (Wildman–Crippen MR) is 66.3 cm³/mol. The number of carbonyl (C=O) groups is 1. The van der Waals surface area contributed by atoms with Crippen molar-refractivity contribution in [2.45, 2.75) is 45.8 Å². The minimum absolute atomic E-state index is 0.0384. The Balaban J connectivity index is 2.08. The Morgan fingerprint density at radius 1 is 1.63 bits per heavy atom. The Kier molecular flexibility index (Phi) is 4.47. The van der Waals surface area contributed by atoms with Crippen molar-refractivity contribution in [3.63, 3.8) is 0 Å². The number of aliphatic carboxylic acids is 1. The summed E-state index contributed by atoms with van der Waals surface area (Å²) in [6.45, 7) is 5.35. The Morgan fingerprint density at radius 3 is 3.00 bits per heavy atom. The molecule has 0 aliphatic carbocycles. The van der Waals surface area contributed by atoms with E-state index < -0.39 is 5.97 Å². The average Bonchev–Trinajstić information content (AvgIpc) is 2.96. The maximum Gasteiger partial charge on any atom is 0.303 e. The van der Waals surface area contributed by atoms with E-state index in [1.807, 2.05) is 6.92 Å². The predicted octanol–water partition coefficient (Wildman–Crippen LogP) is 1.27. The van der Waals surface area contributed by atoms with Gasteiger partial charge in [-0.2, -0.15) is 0 Å². The smallest absolute Gasteiger partial charge is 0.303 e. The lowest BCUT2D eigenvalue weighted by Gasteiger charge is -2.17. The van der Waals surface area contributed by atoms with Gasteiger partial charge in [0.05, 0.1) is 0 Å². The maximum absolute atomic E-state index is 10.8. The molecule has 19 heavy (non-hydrogen) atoms. The summed E-state index contributed by atoms with van der Waals surface area (Å²) in [5, 5.41) is 20.6. The van der Waals surface area contributed by atoms with Crippen molar-refractivity contribution < 1.29 is 14.6 Å². The highest BCUT2D eigenvalue weighted by Gasteiger charge is 2.31. The van der Waals surface area contributed by atoms with Crippen LogP contribution in [0, 0.1) is 11.8 Å². The molecule has 3 unspecified atom stereocenters. The SMILES string of the molecule is CCC(CC(=O)O)Cn1nnnc1C1OCCC1C.